The average Bonchev–Trinajstić information content (AvgIpc) is 2.53. The summed E-state index contributed by atoms with van der Waals surface area (Å²) in [6.07, 6.45) is 4.96. The van der Waals surface area contributed by atoms with Crippen LogP contribution in [0.1, 0.15) is 50.7 Å². The first-order valence-electron chi connectivity index (χ1n) is 8.51. The molecule has 0 heterocycles. The van der Waals surface area contributed by atoms with Crippen LogP contribution in [0, 0.1) is 0 Å². The lowest BCUT2D eigenvalue weighted by Gasteiger charge is -2.18. The van der Waals surface area contributed by atoms with Crippen molar-refractivity contribution in [2.45, 2.75) is 52.6 Å². The molecule has 0 aliphatic rings. The SMILES string of the molecule is CCN(CC)Cc1ccc(CNCCCCCCN)cc1. The molecule has 1 rings (SSSR count). The fourth-order valence-corrected chi connectivity index (χ4v) is 2.45. The van der Waals surface area contributed by atoms with E-state index in [0.717, 1.165) is 45.7 Å². The smallest absolute Gasteiger partial charge is 0.0233 e. The van der Waals surface area contributed by atoms with E-state index in [1.54, 1.807) is 0 Å². The first-order chi connectivity index (χ1) is 10.3. The van der Waals surface area contributed by atoms with E-state index in [0.29, 0.717) is 0 Å². The molecule has 3 N–H and O–H groups in total. The third-order valence-corrected chi connectivity index (χ3v) is 3.96. The molecule has 0 saturated carbocycles. The molecule has 0 amide bonds. The summed E-state index contributed by atoms with van der Waals surface area (Å²) < 4.78 is 0. The fraction of sp³-hybridized carbons (Fsp3) is 0.667. The minimum Gasteiger partial charge on any atom is -0.330 e. The van der Waals surface area contributed by atoms with Gasteiger partial charge >= 0.3 is 0 Å². The Labute approximate surface area is 130 Å². The van der Waals surface area contributed by atoms with E-state index in [1.165, 1.54) is 30.4 Å². The number of hydrogen-bond acceptors (Lipinski definition) is 3. The second-order valence-electron chi connectivity index (χ2n) is 5.66. The lowest BCUT2D eigenvalue weighted by atomic mass is 10.1. The van der Waals surface area contributed by atoms with Gasteiger partial charge in [-0.25, -0.2) is 0 Å². The Morgan fingerprint density at radius 1 is 0.905 bits per heavy atom. The van der Waals surface area contributed by atoms with Crippen molar-refractivity contribution in [3.8, 4) is 0 Å². The maximum absolute atomic E-state index is 5.49. The zero-order valence-corrected chi connectivity index (χ0v) is 13.9. The third kappa shape index (κ3) is 8.20. The molecule has 0 bridgehead atoms. The zero-order valence-electron chi connectivity index (χ0n) is 13.9. The summed E-state index contributed by atoms with van der Waals surface area (Å²) in [5.41, 5.74) is 8.27. The molecule has 3 nitrogen and oxygen atoms in total. The first-order valence-corrected chi connectivity index (χ1v) is 8.51. The molecular weight excluding hydrogens is 258 g/mol. The molecule has 0 spiro atoms. The van der Waals surface area contributed by atoms with Gasteiger partial charge in [0, 0.05) is 13.1 Å². The third-order valence-electron chi connectivity index (χ3n) is 3.96. The van der Waals surface area contributed by atoms with E-state index in [9.17, 15) is 0 Å². The summed E-state index contributed by atoms with van der Waals surface area (Å²) in [5.74, 6) is 0. The molecule has 0 fully saturated rings. The predicted molar refractivity (Wildman–Crippen MR) is 92.3 cm³/mol. The van der Waals surface area contributed by atoms with Crippen LogP contribution >= 0.6 is 0 Å². The van der Waals surface area contributed by atoms with Crippen molar-refractivity contribution in [2.24, 2.45) is 5.73 Å². The molecule has 0 radical (unpaired) electrons. The average molecular weight is 291 g/mol. The largest absolute Gasteiger partial charge is 0.330 e. The molecule has 0 unspecified atom stereocenters. The van der Waals surface area contributed by atoms with Crippen LogP contribution in [0.25, 0.3) is 0 Å². The number of hydrogen-bond donors (Lipinski definition) is 2. The van der Waals surface area contributed by atoms with E-state index < -0.39 is 0 Å². The highest BCUT2D eigenvalue weighted by Crippen LogP contribution is 2.07. The zero-order chi connectivity index (χ0) is 15.3. The Kier molecular flexibility index (Phi) is 10.1. The highest BCUT2D eigenvalue weighted by atomic mass is 15.1. The maximum atomic E-state index is 5.49. The van der Waals surface area contributed by atoms with E-state index in [4.69, 9.17) is 5.73 Å². The number of unbranched alkanes of at least 4 members (excludes halogenated alkanes) is 3. The molecule has 3 heteroatoms. The predicted octanol–water partition coefficient (Wildman–Crippen LogP) is 3.14. The van der Waals surface area contributed by atoms with Crippen molar-refractivity contribution in [3.05, 3.63) is 35.4 Å². The van der Waals surface area contributed by atoms with E-state index >= 15 is 0 Å². The van der Waals surface area contributed by atoms with Crippen LogP contribution in [0.4, 0.5) is 0 Å². The van der Waals surface area contributed by atoms with Crippen LogP contribution in [-0.2, 0) is 13.1 Å². The topological polar surface area (TPSA) is 41.3 Å². The van der Waals surface area contributed by atoms with Crippen molar-refractivity contribution >= 4 is 0 Å². The van der Waals surface area contributed by atoms with Gasteiger partial charge in [-0.05, 0) is 50.1 Å². The summed E-state index contributed by atoms with van der Waals surface area (Å²) in [5, 5.41) is 3.52. The number of nitrogens with one attached hydrogen (secondary N) is 1. The van der Waals surface area contributed by atoms with Crippen LogP contribution < -0.4 is 11.1 Å². The minimum atomic E-state index is 0.827. The number of rotatable bonds is 12. The lowest BCUT2D eigenvalue weighted by molar-refractivity contribution is 0.296. The molecule has 1 aromatic carbocycles. The fourth-order valence-electron chi connectivity index (χ4n) is 2.45. The molecule has 120 valence electrons. The molecule has 1 aromatic rings. The lowest BCUT2D eigenvalue weighted by Crippen LogP contribution is -2.22. The molecule has 0 saturated heterocycles. The monoisotopic (exact) mass is 291 g/mol. The van der Waals surface area contributed by atoms with Crippen LogP contribution in [0.2, 0.25) is 0 Å². The van der Waals surface area contributed by atoms with E-state index in [-0.39, 0.29) is 0 Å². The normalized spacial score (nSPS) is 11.2. The standard InChI is InChI=1S/C18H33N3/c1-3-21(4-2)16-18-11-9-17(10-12-18)15-20-14-8-6-5-7-13-19/h9-12,20H,3-8,13-16,19H2,1-2H3. The van der Waals surface area contributed by atoms with Gasteiger partial charge in [-0.2, -0.15) is 0 Å². The van der Waals surface area contributed by atoms with Gasteiger partial charge in [-0.15, -0.1) is 0 Å². The molecule has 0 aliphatic carbocycles. The van der Waals surface area contributed by atoms with Crippen LogP contribution in [0.15, 0.2) is 24.3 Å². The summed E-state index contributed by atoms with van der Waals surface area (Å²) >= 11 is 0. The molecule has 21 heavy (non-hydrogen) atoms. The van der Waals surface area contributed by atoms with Crippen LogP contribution in [0.3, 0.4) is 0 Å². The second-order valence-corrected chi connectivity index (χ2v) is 5.66. The summed E-state index contributed by atoms with van der Waals surface area (Å²) in [6.45, 7) is 10.6. The number of benzene rings is 1. The van der Waals surface area contributed by atoms with Crippen molar-refractivity contribution in [2.75, 3.05) is 26.2 Å². The van der Waals surface area contributed by atoms with Crippen molar-refractivity contribution in [1.29, 1.82) is 0 Å². The van der Waals surface area contributed by atoms with Crippen molar-refractivity contribution in [3.63, 3.8) is 0 Å². The number of nitrogens with two attached hydrogens (primary N) is 1. The summed E-state index contributed by atoms with van der Waals surface area (Å²) in [7, 11) is 0. The Morgan fingerprint density at radius 2 is 1.52 bits per heavy atom. The molecule has 0 aromatic heterocycles. The summed E-state index contributed by atoms with van der Waals surface area (Å²) in [4.78, 5) is 2.44. The highest BCUT2D eigenvalue weighted by Gasteiger charge is 2.01. The molecule has 0 aliphatic heterocycles. The van der Waals surface area contributed by atoms with Gasteiger partial charge in [-0.3, -0.25) is 4.90 Å². The molecular formula is C18H33N3. The minimum absolute atomic E-state index is 0.827. The van der Waals surface area contributed by atoms with Gasteiger partial charge in [0.1, 0.15) is 0 Å². The van der Waals surface area contributed by atoms with Gasteiger partial charge < -0.3 is 11.1 Å². The van der Waals surface area contributed by atoms with Gasteiger partial charge in [0.25, 0.3) is 0 Å². The van der Waals surface area contributed by atoms with Gasteiger partial charge in [0.15, 0.2) is 0 Å². The van der Waals surface area contributed by atoms with E-state index in [1.807, 2.05) is 0 Å². The Bertz CT molecular complexity index is 344. The Hall–Kier alpha value is -0.900. The van der Waals surface area contributed by atoms with Crippen LogP contribution in [-0.4, -0.2) is 31.1 Å². The van der Waals surface area contributed by atoms with Crippen molar-refractivity contribution in [1.82, 2.24) is 10.2 Å². The van der Waals surface area contributed by atoms with Crippen molar-refractivity contribution < 1.29 is 0 Å². The number of nitrogens with zero attached hydrogens (tertiary/aromatic N) is 1. The highest BCUT2D eigenvalue weighted by molar-refractivity contribution is 5.22. The Morgan fingerprint density at radius 3 is 2.14 bits per heavy atom. The van der Waals surface area contributed by atoms with Gasteiger partial charge in [-0.1, -0.05) is 51.0 Å². The summed E-state index contributed by atoms with van der Waals surface area (Å²) in [6, 6.07) is 9.02. The van der Waals surface area contributed by atoms with Gasteiger partial charge in [0.05, 0.1) is 0 Å². The van der Waals surface area contributed by atoms with Crippen LogP contribution in [0.5, 0.6) is 0 Å². The molecule has 0 atom stereocenters. The Balaban J connectivity index is 2.19. The quantitative estimate of drug-likeness (QED) is 0.581. The van der Waals surface area contributed by atoms with Gasteiger partial charge in [0.2, 0.25) is 0 Å². The second kappa shape index (κ2) is 11.7. The first kappa shape index (κ1) is 18.1. The maximum Gasteiger partial charge on any atom is 0.0233 e. The van der Waals surface area contributed by atoms with E-state index in [2.05, 4.69) is 48.3 Å².